The second-order valence-electron chi connectivity index (χ2n) is 3.67. The molecule has 0 bridgehead atoms. The van der Waals surface area contributed by atoms with Gasteiger partial charge in [-0.2, -0.15) is 0 Å². The Kier molecular flexibility index (Phi) is 5.33. The molecule has 3 unspecified atom stereocenters. The van der Waals surface area contributed by atoms with Crippen LogP contribution in [-0.2, 0) is 9.53 Å². The van der Waals surface area contributed by atoms with Gasteiger partial charge in [-0.25, -0.2) is 0 Å². The van der Waals surface area contributed by atoms with E-state index in [0.717, 1.165) is 19.3 Å². The molecular weight excluding hydrogens is 190 g/mol. The third kappa shape index (κ3) is 3.16. The normalized spacial score (nSPS) is 33.3. The van der Waals surface area contributed by atoms with E-state index in [2.05, 4.69) is 6.92 Å². The van der Waals surface area contributed by atoms with Crippen molar-refractivity contribution in [3.05, 3.63) is 0 Å². The monoisotopic (exact) mass is 207 g/mol. The van der Waals surface area contributed by atoms with Gasteiger partial charge in [0, 0.05) is 6.04 Å². The molecule has 13 heavy (non-hydrogen) atoms. The first-order valence-electron chi connectivity index (χ1n) is 4.48. The minimum Gasteiger partial charge on any atom is -0.469 e. The maximum absolute atomic E-state index is 11.2. The van der Waals surface area contributed by atoms with Gasteiger partial charge in [-0.15, -0.1) is 12.4 Å². The lowest BCUT2D eigenvalue weighted by Gasteiger charge is -2.30. The van der Waals surface area contributed by atoms with E-state index in [-0.39, 0.29) is 30.3 Å². The molecule has 0 aromatic carbocycles. The fraction of sp³-hybridized carbons (Fsp3) is 0.889. The molecule has 3 nitrogen and oxygen atoms in total. The van der Waals surface area contributed by atoms with E-state index in [0.29, 0.717) is 5.92 Å². The fourth-order valence-corrected chi connectivity index (χ4v) is 1.80. The number of rotatable bonds is 1. The molecule has 3 atom stereocenters. The van der Waals surface area contributed by atoms with E-state index >= 15 is 0 Å². The number of carbonyl (C=O) groups excluding carboxylic acids is 1. The van der Waals surface area contributed by atoms with Crippen LogP contribution < -0.4 is 5.73 Å². The maximum Gasteiger partial charge on any atom is 0.308 e. The summed E-state index contributed by atoms with van der Waals surface area (Å²) in [6.07, 6.45) is 2.72. The molecular formula is C9H18ClNO2. The van der Waals surface area contributed by atoms with Crippen molar-refractivity contribution >= 4 is 18.4 Å². The highest BCUT2D eigenvalue weighted by atomic mass is 35.5. The first kappa shape index (κ1) is 12.7. The zero-order valence-electron chi connectivity index (χ0n) is 8.16. The summed E-state index contributed by atoms with van der Waals surface area (Å²) in [5, 5.41) is 0. The Morgan fingerprint density at radius 2 is 2.08 bits per heavy atom. The molecule has 2 N–H and O–H groups in total. The average Bonchev–Trinajstić information content (AvgIpc) is 2.08. The molecule has 0 aliphatic heterocycles. The van der Waals surface area contributed by atoms with Crippen molar-refractivity contribution in [1.82, 2.24) is 0 Å². The lowest BCUT2D eigenvalue weighted by Crippen LogP contribution is -2.37. The molecule has 0 aromatic heterocycles. The first-order chi connectivity index (χ1) is 5.65. The van der Waals surface area contributed by atoms with E-state index in [1.165, 1.54) is 7.11 Å². The van der Waals surface area contributed by atoms with Crippen molar-refractivity contribution < 1.29 is 9.53 Å². The smallest absolute Gasteiger partial charge is 0.308 e. The summed E-state index contributed by atoms with van der Waals surface area (Å²) in [6, 6.07) is 0.269. The van der Waals surface area contributed by atoms with Gasteiger partial charge in [-0.3, -0.25) is 4.79 Å². The van der Waals surface area contributed by atoms with Crippen molar-refractivity contribution in [2.24, 2.45) is 17.6 Å². The summed E-state index contributed by atoms with van der Waals surface area (Å²) >= 11 is 0. The van der Waals surface area contributed by atoms with E-state index in [1.54, 1.807) is 0 Å². The Morgan fingerprint density at radius 3 is 2.54 bits per heavy atom. The Bertz CT molecular complexity index is 175. The molecule has 0 radical (unpaired) electrons. The third-order valence-corrected chi connectivity index (χ3v) is 2.77. The molecule has 1 aliphatic carbocycles. The highest BCUT2D eigenvalue weighted by Crippen LogP contribution is 2.28. The minimum atomic E-state index is -0.0752. The van der Waals surface area contributed by atoms with Crippen LogP contribution in [0.1, 0.15) is 26.2 Å². The summed E-state index contributed by atoms with van der Waals surface area (Å²) in [5.41, 5.74) is 5.83. The van der Waals surface area contributed by atoms with Gasteiger partial charge in [0.05, 0.1) is 13.0 Å². The van der Waals surface area contributed by atoms with Gasteiger partial charge in [0.2, 0.25) is 0 Å². The molecule has 0 saturated heterocycles. The Labute approximate surface area is 85.4 Å². The van der Waals surface area contributed by atoms with Gasteiger partial charge in [0.15, 0.2) is 0 Å². The van der Waals surface area contributed by atoms with Crippen molar-refractivity contribution in [3.8, 4) is 0 Å². The Morgan fingerprint density at radius 1 is 1.46 bits per heavy atom. The topological polar surface area (TPSA) is 52.3 Å². The van der Waals surface area contributed by atoms with Crippen LogP contribution in [0.4, 0.5) is 0 Å². The first-order valence-corrected chi connectivity index (χ1v) is 4.48. The number of nitrogens with two attached hydrogens (primary N) is 1. The van der Waals surface area contributed by atoms with E-state index < -0.39 is 0 Å². The van der Waals surface area contributed by atoms with Crippen LogP contribution in [0.25, 0.3) is 0 Å². The fourth-order valence-electron chi connectivity index (χ4n) is 1.80. The molecule has 78 valence electrons. The van der Waals surface area contributed by atoms with Gasteiger partial charge >= 0.3 is 5.97 Å². The van der Waals surface area contributed by atoms with Gasteiger partial charge in [0.1, 0.15) is 0 Å². The van der Waals surface area contributed by atoms with Crippen molar-refractivity contribution in [3.63, 3.8) is 0 Å². The molecule has 1 aliphatic rings. The van der Waals surface area contributed by atoms with Crippen LogP contribution in [0.3, 0.4) is 0 Å². The zero-order chi connectivity index (χ0) is 9.14. The largest absolute Gasteiger partial charge is 0.469 e. The van der Waals surface area contributed by atoms with Crippen LogP contribution in [0, 0.1) is 11.8 Å². The minimum absolute atomic E-state index is 0. The molecule has 0 aromatic rings. The van der Waals surface area contributed by atoms with Gasteiger partial charge in [0.25, 0.3) is 0 Å². The summed E-state index contributed by atoms with van der Waals surface area (Å²) < 4.78 is 4.69. The number of ether oxygens (including phenoxy) is 1. The summed E-state index contributed by atoms with van der Waals surface area (Å²) in [6.45, 7) is 2.10. The van der Waals surface area contributed by atoms with Crippen LogP contribution in [0.5, 0.6) is 0 Å². The van der Waals surface area contributed by atoms with Crippen LogP contribution in [0.15, 0.2) is 0 Å². The number of carbonyl (C=O) groups is 1. The molecule has 1 rings (SSSR count). The third-order valence-electron chi connectivity index (χ3n) is 2.77. The molecule has 0 spiro atoms. The van der Waals surface area contributed by atoms with E-state index in [9.17, 15) is 4.79 Å². The highest BCUT2D eigenvalue weighted by molar-refractivity contribution is 5.85. The molecule has 1 saturated carbocycles. The second kappa shape index (κ2) is 5.45. The number of methoxy groups -OCH3 is 1. The number of hydrogen-bond acceptors (Lipinski definition) is 3. The van der Waals surface area contributed by atoms with Crippen LogP contribution in [-0.4, -0.2) is 19.1 Å². The second-order valence-corrected chi connectivity index (χ2v) is 3.67. The Hall–Kier alpha value is -0.280. The quantitative estimate of drug-likeness (QED) is 0.661. The SMILES string of the molecule is COC(=O)C1CCC(N)C(C)C1.Cl. The van der Waals surface area contributed by atoms with Crippen molar-refractivity contribution in [1.29, 1.82) is 0 Å². The number of esters is 1. The average molecular weight is 208 g/mol. The van der Waals surface area contributed by atoms with Crippen molar-refractivity contribution in [2.75, 3.05) is 7.11 Å². The van der Waals surface area contributed by atoms with Gasteiger partial charge in [-0.1, -0.05) is 6.92 Å². The van der Waals surface area contributed by atoms with Crippen LogP contribution >= 0.6 is 12.4 Å². The summed E-state index contributed by atoms with van der Waals surface area (Å²) in [5.74, 6) is 0.460. The lowest BCUT2D eigenvalue weighted by atomic mass is 9.79. The highest BCUT2D eigenvalue weighted by Gasteiger charge is 2.29. The van der Waals surface area contributed by atoms with Gasteiger partial charge < -0.3 is 10.5 Å². The predicted octanol–water partition coefficient (Wildman–Crippen LogP) is 1.34. The molecule has 4 heteroatoms. The maximum atomic E-state index is 11.2. The predicted molar refractivity (Wildman–Crippen MR) is 53.7 cm³/mol. The Balaban J connectivity index is 0.00000144. The summed E-state index contributed by atoms with van der Waals surface area (Å²) in [4.78, 5) is 11.2. The molecule has 0 heterocycles. The molecule has 1 fully saturated rings. The molecule has 0 amide bonds. The lowest BCUT2D eigenvalue weighted by molar-refractivity contribution is -0.147. The van der Waals surface area contributed by atoms with E-state index in [1.807, 2.05) is 0 Å². The van der Waals surface area contributed by atoms with E-state index in [4.69, 9.17) is 10.5 Å². The number of hydrogen-bond donors (Lipinski definition) is 1. The zero-order valence-corrected chi connectivity index (χ0v) is 8.97. The van der Waals surface area contributed by atoms with Crippen LogP contribution in [0.2, 0.25) is 0 Å². The number of halogens is 1. The van der Waals surface area contributed by atoms with Gasteiger partial charge in [-0.05, 0) is 25.2 Å². The summed E-state index contributed by atoms with van der Waals surface area (Å²) in [7, 11) is 1.45. The standard InChI is InChI=1S/C9H17NO2.ClH/c1-6-5-7(9(11)12-2)3-4-8(6)10;/h6-8H,3-5,10H2,1-2H3;1H. The van der Waals surface area contributed by atoms with Crippen molar-refractivity contribution in [2.45, 2.75) is 32.2 Å².